The molecule has 1 aromatic carbocycles. The molecule has 12 heteroatoms. The molecule has 1 saturated heterocycles. The van der Waals surface area contributed by atoms with Crippen LogP contribution in [0.15, 0.2) is 24.3 Å². The van der Waals surface area contributed by atoms with Gasteiger partial charge in [-0.2, -0.15) is 0 Å². The number of methoxy groups -OCH3 is 1. The fourth-order valence-electron chi connectivity index (χ4n) is 3.05. The van der Waals surface area contributed by atoms with Crippen LogP contribution in [0.1, 0.15) is 31.1 Å². The van der Waals surface area contributed by atoms with Crippen molar-refractivity contribution in [3.05, 3.63) is 29.8 Å². The summed E-state index contributed by atoms with van der Waals surface area (Å²) in [5.74, 6) is -5.04. The number of benzene rings is 1. The summed E-state index contributed by atoms with van der Waals surface area (Å²) < 4.78 is 31.4. The fourth-order valence-corrected chi connectivity index (χ4v) is 3.05. The first-order valence-electron chi connectivity index (χ1n) is 9.29. The van der Waals surface area contributed by atoms with Gasteiger partial charge in [0.25, 0.3) is 0 Å². The molecule has 1 aliphatic heterocycles. The van der Waals surface area contributed by atoms with Crippen LogP contribution in [0.25, 0.3) is 0 Å². The average Bonchev–Trinajstić information content (AvgIpc) is 2.70. The number of aromatic carboxylic acids is 1. The summed E-state index contributed by atoms with van der Waals surface area (Å²) in [5.41, 5.74) is -0.251. The Morgan fingerprint density at radius 1 is 0.844 bits per heavy atom. The molecule has 1 N–H and O–H groups in total. The van der Waals surface area contributed by atoms with Crippen molar-refractivity contribution in [1.29, 1.82) is 0 Å². The van der Waals surface area contributed by atoms with Crippen LogP contribution in [0.5, 0.6) is 5.75 Å². The fraction of sp³-hybridized carbons (Fsp3) is 0.450. The summed E-state index contributed by atoms with van der Waals surface area (Å²) in [6.07, 6.45) is -7.92. The van der Waals surface area contributed by atoms with Gasteiger partial charge in [-0.3, -0.25) is 14.4 Å². The molecule has 1 aromatic rings. The van der Waals surface area contributed by atoms with Crippen molar-refractivity contribution in [2.24, 2.45) is 0 Å². The Labute approximate surface area is 182 Å². The molecule has 0 aromatic heterocycles. The third-order valence-corrected chi connectivity index (χ3v) is 4.20. The number of carboxylic acid groups (broad SMARTS) is 1. The van der Waals surface area contributed by atoms with Crippen molar-refractivity contribution in [3.8, 4) is 5.75 Å². The lowest BCUT2D eigenvalue weighted by atomic mass is 9.97. The molecule has 2 rings (SSSR count). The van der Waals surface area contributed by atoms with E-state index in [1.165, 1.54) is 24.3 Å². The van der Waals surface area contributed by atoms with E-state index in [0.717, 1.165) is 27.9 Å². The van der Waals surface area contributed by atoms with Crippen molar-refractivity contribution in [2.75, 3.05) is 7.11 Å². The maximum atomic E-state index is 12.4. The van der Waals surface area contributed by atoms with Gasteiger partial charge in [0, 0.05) is 20.8 Å². The molecule has 32 heavy (non-hydrogen) atoms. The summed E-state index contributed by atoms with van der Waals surface area (Å²) in [6.45, 7) is 3.15. The number of para-hydroxylation sites is 1. The van der Waals surface area contributed by atoms with E-state index in [9.17, 15) is 29.1 Å². The minimum absolute atomic E-state index is 0.182. The molecule has 1 aliphatic rings. The highest BCUT2D eigenvalue weighted by Gasteiger charge is 2.56. The van der Waals surface area contributed by atoms with E-state index in [4.69, 9.17) is 23.7 Å². The number of hydrogen-bond donors (Lipinski definition) is 1. The van der Waals surface area contributed by atoms with Crippen LogP contribution in [0, 0.1) is 0 Å². The Morgan fingerprint density at radius 3 is 1.91 bits per heavy atom. The molecule has 12 nitrogen and oxygen atoms in total. The average molecular weight is 454 g/mol. The summed E-state index contributed by atoms with van der Waals surface area (Å²) in [4.78, 5) is 59.0. The van der Waals surface area contributed by atoms with Crippen LogP contribution in [0.2, 0.25) is 0 Å². The smallest absolute Gasteiger partial charge is 0.339 e. The van der Waals surface area contributed by atoms with Gasteiger partial charge in [0.05, 0.1) is 7.11 Å². The molecule has 5 atom stereocenters. The van der Waals surface area contributed by atoms with Crippen molar-refractivity contribution in [1.82, 2.24) is 0 Å². The predicted octanol–water partition coefficient (Wildman–Crippen LogP) is 0.457. The number of carbonyl (C=O) groups excluding carboxylic acids is 4. The zero-order chi connectivity index (χ0) is 24.0. The number of rotatable bonds is 7. The van der Waals surface area contributed by atoms with Crippen molar-refractivity contribution < 1.29 is 57.5 Å². The molecule has 0 radical (unpaired) electrons. The first-order chi connectivity index (χ1) is 15.0. The molecule has 1 fully saturated rings. The Kier molecular flexibility index (Phi) is 8.13. The third-order valence-electron chi connectivity index (χ3n) is 4.20. The Balaban J connectivity index is 2.56. The summed E-state index contributed by atoms with van der Waals surface area (Å²) >= 11 is 0. The topological polar surface area (TPSA) is 161 Å². The molecule has 0 aliphatic carbocycles. The molecule has 0 spiro atoms. The molecular weight excluding hydrogens is 432 g/mol. The van der Waals surface area contributed by atoms with E-state index in [0.29, 0.717) is 0 Å². The van der Waals surface area contributed by atoms with E-state index in [1.807, 2.05) is 0 Å². The third kappa shape index (κ3) is 5.94. The van der Waals surface area contributed by atoms with Crippen LogP contribution in [0.3, 0.4) is 0 Å². The highest BCUT2D eigenvalue weighted by atomic mass is 16.7. The van der Waals surface area contributed by atoms with Gasteiger partial charge in [0.1, 0.15) is 11.3 Å². The SMILES string of the molecule is COC(=O)[C@H]1O[C@H](Oc2ccccc2C(=O)O)[C@H](OC(C)=O)[C@H](OC(C)=O)[C@H]1OC(C)=O. The Bertz CT molecular complexity index is 894. The van der Waals surface area contributed by atoms with Gasteiger partial charge in [-0.15, -0.1) is 0 Å². The second-order valence-electron chi connectivity index (χ2n) is 6.59. The first kappa shape index (κ1) is 24.6. The molecule has 0 saturated carbocycles. The normalized spacial score (nSPS) is 24.6. The molecule has 0 bridgehead atoms. The minimum Gasteiger partial charge on any atom is -0.478 e. The standard InChI is InChI=1S/C20H22O12/c1-9(21)28-14-15(29-10(2)22)17(30-11(3)23)20(32-16(14)19(26)27-4)31-13-8-6-5-7-12(13)18(24)25/h5-8,14-17,20H,1-4H3,(H,24,25)/t14-,15-,16+,17-,20+/m1/s1. The highest BCUT2D eigenvalue weighted by molar-refractivity contribution is 5.90. The van der Waals surface area contributed by atoms with E-state index >= 15 is 0 Å². The molecule has 0 unspecified atom stereocenters. The van der Waals surface area contributed by atoms with Gasteiger partial charge < -0.3 is 33.5 Å². The number of esters is 4. The number of carbonyl (C=O) groups is 5. The quantitative estimate of drug-likeness (QED) is 0.448. The maximum Gasteiger partial charge on any atom is 0.339 e. The molecule has 174 valence electrons. The summed E-state index contributed by atoms with van der Waals surface area (Å²) in [6, 6.07) is 5.50. The van der Waals surface area contributed by atoms with Gasteiger partial charge in [0.15, 0.2) is 18.3 Å². The summed E-state index contributed by atoms with van der Waals surface area (Å²) in [5, 5.41) is 9.39. The second-order valence-corrected chi connectivity index (χ2v) is 6.59. The van der Waals surface area contributed by atoms with E-state index in [-0.39, 0.29) is 11.3 Å². The lowest BCUT2D eigenvalue weighted by molar-refractivity contribution is -0.282. The maximum absolute atomic E-state index is 12.4. The summed E-state index contributed by atoms with van der Waals surface area (Å²) in [7, 11) is 1.05. The first-order valence-corrected chi connectivity index (χ1v) is 9.29. The lowest BCUT2D eigenvalue weighted by Crippen LogP contribution is -2.64. The van der Waals surface area contributed by atoms with Crippen LogP contribution in [-0.2, 0) is 42.9 Å². The van der Waals surface area contributed by atoms with Crippen LogP contribution in [-0.4, -0.2) is 72.8 Å². The Morgan fingerprint density at radius 2 is 1.38 bits per heavy atom. The van der Waals surface area contributed by atoms with Gasteiger partial charge >= 0.3 is 29.8 Å². The number of ether oxygens (including phenoxy) is 6. The molecular formula is C20H22O12. The second kappa shape index (κ2) is 10.6. The lowest BCUT2D eigenvalue weighted by Gasteiger charge is -2.43. The highest BCUT2D eigenvalue weighted by Crippen LogP contribution is 2.32. The van der Waals surface area contributed by atoms with Crippen LogP contribution in [0.4, 0.5) is 0 Å². The van der Waals surface area contributed by atoms with Gasteiger partial charge in [-0.1, -0.05) is 12.1 Å². The van der Waals surface area contributed by atoms with E-state index in [1.54, 1.807) is 0 Å². The Hall–Kier alpha value is -3.67. The van der Waals surface area contributed by atoms with Crippen LogP contribution >= 0.6 is 0 Å². The minimum atomic E-state index is -1.65. The zero-order valence-electron chi connectivity index (χ0n) is 17.6. The van der Waals surface area contributed by atoms with Crippen molar-refractivity contribution in [3.63, 3.8) is 0 Å². The molecule has 1 heterocycles. The largest absolute Gasteiger partial charge is 0.478 e. The molecule has 0 amide bonds. The predicted molar refractivity (Wildman–Crippen MR) is 101 cm³/mol. The van der Waals surface area contributed by atoms with Crippen molar-refractivity contribution >= 4 is 29.8 Å². The van der Waals surface area contributed by atoms with E-state index < -0.39 is 60.6 Å². The van der Waals surface area contributed by atoms with E-state index in [2.05, 4.69) is 4.74 Å². The number of hydrogen-bond acceptors (Lipinski definition) is 11. The van der Waals surface area contributed by atoms with Crippen molar-refractivity contribution in [2.45, 2.75) is 51.5 Å². The van der Waals surface area contributed by atoms with Gasteiger partial charge in [0.2, 0.25) is 12.4 Å². The zero-order valence-corrected chi connectivity index (χ0v) is 17.6. The van der Waals surface area contributed by atoms with Crippen LogP contribution < -0.4 is 4.74 Å². The van der Waals surface area contributed by atoms with Gasteiger partial charge in [-0.05, 0) is 12.1 Å². The van der Waals surface area contributed by atoms with Gasteiger partial charge in [-0.25, -0.2) is 9.59 Å². The number of carboxylic acids is 1. The monoisotopic (exact) mass is 454 g/mol.